The molecule has 0 bridgehead atoms. The molecule has 1 aromatic carbocycles. The predicted molar refractivity (Wildman–Crippen MR) is 72.6 cm³/mol. The van der Waals surface area contributed by atoms with Crippen LogP contribution in [0.4, 0.5) is 0 Å². The van der Waals surface area contributed by atoms with E-state index in [0.29, 0.717) is 19.0 Å². The Morgan fingerprint density at radius 3 is 3.00 bits per heavy atom. The van der Waals surface area contributed by atoms with E-state index in [-0.39, 0.29) is 5.91 Å². The minimum Gasteiger partial charge on any atom is -0.361 e. The van der Waals surface area contributed by atoms with Crippen molar-refractivity contribution < 1.29 is 4.79 Å². The lowest BCUT2D eigenvalue weighted by molar-refractivity contribution is 0.0749. The molecule has 19 heavy (non-hydrogen) atoms. The number of amides is 1. The SMILES string of the molecule is N#CCCN(C(=O)c1cccc2[nH]ccc12)C1CC1. The van der Waals surface area contributed by atoms with Crippen LogP contribution in [0.1, 0.15) is 29.6 Å². The van der Waals surface area contributed by atoms with E-state index in [1.165, 1.54) is 0 Å². The number of H-pyrrole nitrogens is 1. The summed E-state index contributed by atoms with van der Waals surface area (Å²) in [5.41, 5.74) is 1.70. The number of nitriles is 1. The second-order valence-corrected chi connectivity index (χ2v) is 4.88. The summed E-state index contributed by atoms with van der Waals surface area (Å²) in [6, 6.07) is 10.1. The van der Waals surface area contributed by atoms with E-state index in [4.69, 9.17) is 5.26 Å². The quantitative estimate of drug-likeness (QED) is 0.910. The molecule has 0 saturated heterocycles. The Labute approximate surface area is 111 Å². The summed E-state index contributed by atoms with van der Waals surface area (Å²) in [6.07, 6.45) is 4.35. The van der Waals surface area contributed by atoms with Crippen molar-refractivity contribution in [3.05, 3.63) is 36.0 Å². The Hall–Kier alpha value is -2.28. The summed E-state index contributed by atoms with van der Waals surface area (Å²) >= 11 is 0. The molecule has 0 aliphatic heterocycles. The first-order valence-electron chi connectivity index (χ1n) is 6.55. The number of aromatic nitrogens is 1. The fraction of sp³-hybridized carbons (Fsp3) is 0.333. The van der Waals surface area contributed by atoms with Crippen LogP contribution in [-0.2, 0) is 0 Å². The standard InChI is InChI=1S/C15H15N3O/c16-8-2-10-18(11-5-6-11)15(19)13-3-1-4-14-12(13)7-9-17-14/h1,3-4,7,9,11,17H,2,5-6,10H2. The van der Waals surface area contributed by atoms with Gasteiger partial charge in [0.05, 0.1) is 12.5 Å². The molecule has 2 aromatic rings. The average Bonchev–Trinajstić information content (AvgIpc) is 3.15. The molecule has 0 unspecified atom stereocenters. The third-order valence-electron chi connectivity index (χ3n) is 3.54. The second kappa shape index (κ2) is 4.77. The number of fused-ring (bicyclic) bond motifs is 1. The molecule has 1 aliphatic carbocycles. The highest BCUT2D eigenvalue weighted by Gasteiger charge is 2.33. The lowest BCUT2D eigenvalue weighted by Crippen LogP contribution is -2.34. The molecular formula is C15H15N3O. The van der Waals surface area contributed by atoms with Gasteiger partial charge < -0.3 is 9.88 Å². The van der Waals surface area contributed by atoms with Gasteiger partial charge in [0.1, 0.15) is 0 Å². The van der Waals surface area contributed by atoms with Crippen molar-refractivity contribution in [3.8, 4) is 6.07 Å². The summed E-state index contributed by atoms with van der Waals surface area (Å²) in [6.45, 7) is 0.529. The number of aromatic amines is 1. The van der Waals surface area contributed by atoms with Crippen LogP contribution in [0.3, 0.4) is 0 Å². The van der Waals surface area contributed by atoms with Crippen LogP contribution in [-0.4, -0.2) is 28.4 Å². The maximum atomic E-state index is 12.6. The van der Waals surface area contributed by atoms with Crippen LogP contribution in [0.15, 0.2) is 30.5 Å². The largest absolute Gasteiger partial charge is 0.361 e. The minimum atomic E-state index is 0.0444. The maximum Gasteiger partial charge on any atom is 0.254 e. The van der Waals surface area contributed by atoms with E-state index in [1.807, 2.05) is 35.4 Å². The summed E-state index contributed by atoms with van der Waals surface area (Å²) in [4.78, 5) is 17.6. The van der Waals surface area contributed by atoms with Gasteiger partial charge in [-0.25, -0.2) is 0 Å². The van der Waals surface area contributed by atoms with Gasteiger partial charge in [-0.3, -0.25) is 4.79 Å². The first-order chi connectivity index (χ1) is 9.31. The van der Waals surface area contributed by atoms with Crippen LogP contribution < -0.4 is 0 Å². The molecule has 1 aliphatic rings. The molecule has 0 spiro atoms. The van der Waals surface area contributed by atoms with E-state index in [1.54, 1.807) is 0 Å². The van der Waals surface area contributed by atoms with Crippen molar-refractivity contribution in [1.29, 1.82) is 5.26 Å². The van der Waals surface area contributed by atoms with Gasteiger partial charge in [0.15, 0.2) is 0 Å². The maximum absolute atomic E-state index is 12.6. The van der Waals surface area contributed by atoms with Gasteiger partial charge in [0.25, 0.3) is 5.91 Å². The van der Waals surface area contributed by atoms with Crippen LogP contribution in [0.25, 0.3) is 10.9 Å². The van der Waals surface area contributed by atoms with Gasteiger partial charge in [0, 0.05) is 35.2 Å². The van der Waals surface area contributed by atoms with Gasteiger partial charge in [-0.2, -0.15) is 5.26 Å². The van der Waals surface area contributed by atoms with Crippen molar-refractivity contribution in [3.63, 3.8) is 0 Å². The van der Waals surface area contributed by atoms with Crippen LogP contribution >= 0.6 is 0 Å². The number of nitrogens with zero attached hydrogens (tertiary/aromatic N) is 2. The highest BCUT2D eigenvalue weighted by atomic mass is 16.2. The molecule has 1 N–H and O–H groups in total. The van der Waals surface area contributed by atoms with E-state index in [0.717, 1.165) is 29.3 Å². The molecule has 96 valence electrons. The number of hydrogen-bond donors (Lipinski definition) is 1. The highest BCUT2D eigenvalue weighted by molar-refractivity contribution is 6.06. The van der Waals surface area contributed by atoms with Crippen molar-refractivity contribution in [2.75, 3.05) is 6.54 Å². The molecule has 0 radical (unpaired) electrons. The number of carbonyl (C=O) groups excluding carboxylic acids is 1. The summed E-state index contributed by atoms with van der Waals surface area (Å²) in [7, 11) is 0. The Bertz CT molecular complexity index is 649. The molecule has 1 amide bonds. The van der Waals surface area contributed by atoms with Crippen molar-refractivity contribution >= 4 is 16.8 Å². The third-order valence-corrected chi connectivity index (χ3v) is 3.54. The molecule has 1 saturated carbocycles. The fourth-order valence-electron chi connectivity index (χ4n) is 2.43. The van der Waals surface area contributed by atoms with Crippen LogP contribution in [0, 0.1) is 11.3 Å². The molecule has 1 fully saturated rings. The van der Waals surface area contributed by atoms with E-state index >= 15 is 0 Å². The molecule has 3 rings (SSSR count). The number of benzene rings is 1. The van der Waals surface area contributed by atoms with Gasteiger partial charge >= 0.3 is 0 Å². The zero-order chi connectivity index (χ0) is 13.2. The van der Waals surface area contributed by atoms with Crippen molar-refractivity contribution in [1.82, 2.24) is 9.88 Å². The first-order valence-corrected chi connectivity index (χ1v) is 6.55. The monoisotopic (exact) mass is 253 g/mol. The Morgan fingerprint density at radius 2 is 2.26 bits per heavy atom. The van der Waals surface area contributed by atoms with E-state index < -0.39 is 0 Å². The molecule has 0 atom stereocenters. The highest BCUT2D eigenvalue weighted by Crippen LogP contribution is 2.29. The van der Waals surface area contributed by atoms with Gasteiger partial charge in [-0.1, -0.05) is 6.07 Å². The summed E-state index contributed by atoms with van der Waals surface area (Å²) in [5.74, 6) is 0.0444. The summed E-state index contributed by atoms with van der Waals surface area (Å²) < 4.78 is 0. The van der Waals surface area contributed by atoms with Crippen LogP contribution in [0.2, 0.25) is 0 Å². The molecule has 4 nitrogen and oxygen atoms in total. The van der Waals surface area contributed by atoms with E-state index in [2.05, 4.69) is 11.1 Å². The number of nitrogens with one attached hydrogen (secondary N) is 1. The molecule has 1 aromatic heterocycles. The first kappa shape index (κ1) is 11.8. The third kappa shape index (κ3) is 2.19. The Kier molecular flexibility index (Phi) is 2.96. The lowest BCUT2D eigenvalue weighted by Gasteiger charge is -2.21. The summed E-state index contributed by atoms with van der Waals surface area (Å²) in [5, 5.41) is 9.67. The smallest absolute Gasteiger partial charge is 0.254 e. The van der Waals surface area contributed by atoms with Gasteiger partial charge in [0.2, 0.25) is 0 Å². The average molecular weight is 253 g/mol. The van der Waals surface area contributed by atoms with Crippen molar-refractivity contribution in [2.24, 2.45) is 0 Å². The number of hydrogen-bond acceptors (Lipinski definition) is 2. The Balaban J connectivity index is 1.93. The van der Waals surface area contributed by atoms with Crippen molar-refractivity contribution in [2.45, 2.75) is 25.3 Å². The molecule has 1 heterocycles. The number of carbonyl (C=O) groups is 1. The second-order valence-electron chi connectivity index (χ2n) is 4.88. The Morgan fingerprint density at radius 1 is 1.42 bits per heavy atom. The molecular weight excluding hydrogens is 238 g/mol. The predicted octanol–water partition coefficient (Wildman–Crippen LogP) is 2.69. The zero-order valence-corrected chi connectivity index (χ0v) is 10.6. The topological polar surface area (TPSA) is 59.9 Å². The lowest BCUT2D eigenvalue weighted by atomic mass is 10.1. The van der Waals surface area contributed by atoms with Crippen LogP contribution in [0.5, 0.6) is 0 Å². The number of rotatable bonds is 4. The zero-order valence-electron chi connectivity index (χ0n) is 10.6. The van der Waals surface area contributed by atoms with E-state index in [9.17, 15) is 4.79 Å². The minimum absolute atomic E-state index is 0.0444. The van der Waals surface area contributed by atoms with Gasteiger partial charge in [-0.15, -0.1) is 0 Å². The van der Waals surface area contributed by atoms with Gasteiger partial charge in [-0.05, 0) is 31.0 Å². The normalized spacial score (nSPS) is 14.3. The fourth-order valence-corrected chi connectivity index (χ4v) is 2.43. The molecule has 4 heteroatoms.